The van der Waals surface area contributed by atoms with Crippen molar-refractivity contribution in [2.45, 2.75) is 27.0 Å². The van der Waals surface area contributed by atoms with Crippen molar-refractivity contribution in [1.82, 2.24) is 5.32 Å². The maximum Gasteiger partial charge on any atom is 0.191 e. The van der Waals surface area contributed by atoms with Crippen LogP contribution in [0.4, 0.5) is 8.78 Å². The molecule has 114 valence electrons. The normalized spacial score (nSPS) is 11.1. The van der Waals surface area contributed by atoms with E-state index in [0.717, 1.165) is 11.4 Å². The zero-order chi connectivity index (χ0) is 15.2. The summed E-state index contributed by atoms with van der Waals surface area (Å²) in [6.07, 6.45) is 0. The van der Waals surface area contributed by atoms with E-state index in [1.165, 1.54) is 23.5 Å². The highest BCUT2D eigenvalue weighted by Crippen LogP contribution is 2.25. The van der Waals surface area contributed by atoms with Gasteiger partial charge in [0.25, 0.3) is 0 Å². The van der Waals surface area contributed by atoms with Crippen LogP contribution in [0.15, 0.2) is 29.6 Å². The summed E-state index contributed by atoms with van der Waals surface area (Å²) in [6.45, 7) is 5.58. The summed E-state index contributed by atoms with van der Waals surface area (Å²) in [4.78, 5) is 0.927. The van der Waals surface area contributed by atoms with Gasteiger partial charge in [-0.3, -0.25) is 0 Å². The maximum atomic E-state index is 13.9. The van der Waals surface area contributed by atoms with Crippen molar-refractivity contribution >= 4 is 11.3 Å². The number of hydrogen-bond acceptors (Lipinski definition) is 3. The van der Waals surface area contributed by atoms with Gasteiger partial charge in [0.1, 0.15) is 6.61 Å². The van der Waals surface area contributed by atoms with Gasteiger partial charge >= 0.3 is 0 Å². The largest absolute Gasteiger partial charge is 0.482 e. The molecule has 0 fully saturated rings. The third kappa shape index (κ3) is 4.79. The molecule has 0 unspecified atom stereocenters. The first-order valence-corrected chi connectivity index (χ1v) is 7.78. The minimum atomic E-state index is -0.659. The van der Waals surface area contributed by atoms with Crippen LogP contribution in [0.2, 0.25) is 0 Å². The van der Waals surface area contributed by atoms with E-state index in [9.17, 15) is 8.78 Å². The molecule has 0 spiro atoms. The van der Waals surface area contributed by atoms with E-state index in [2.05, 4.69) is 19.2 Å². The Morgan fingerprint density at radius 1 is 1.24 bits per heavy atom. The molecule has 0 saturated carbocycles. The molecule has 2 aromatic rings. The molecule has 0 aliphatic heterocycles. The van der Waals surface area contributed by atoms with Gasteiger partial charge in [0, 0.05) is 11.4 Å². The summed E-state index contributed by atoms with van der Waals surface area (Å²) in [7, 11) is 0. The van der Waals surface area contributed by atoms with Crippen LogP contribution in [-0.4, -0.2) is 6.54 Å². The maximum absolute atomic E-state index is 13.9. The molecule has 0 atom stereocenters. The molecule has 1 aromatic heterocycles. The number of benzene rings is 1. The number of rotatable bonds is 7. The quantitative estimate of drug-likeness (QED) is 0.821. The van der Waals surface area contributed by atoms with E-state index in [-0.39, 0.29) is 12.4 Å². The van der Waals surface area contributed by atoms with Crippen LogP contribution in [0.3, 0.4) is 0 Å². The minimum absolute atomic E-state index is 0.177. The lowest BCUT2D eigenvalue weighted by atomic mass is 10.1. The Bertz CT molecular complexity index is 547. The smallest absolute Gasteiger partial charge is 0.191 e. The van der Waals surface area contributed by atoms with Crippen LogP contribution in [0, 0.1) is 17.6 Å². The van der Waals surface area contributed by atoms with Crippen molar-refractivity contribution in [2.75, 3.05) is 6.54 Å². The average molecular weight is 311 g/mol. The Morgan fingerprint density at radius 3 is 2.52 bits per heavy atom. The molecule has 0 saturated heterocycles. The first-order valence-electron chi connectivity index (χ1n) is 6.90. The molecule has 21 heavy (non-hydrogen) atoms. The highest BCUT2D eigenvalue weighted by atomic mass is 32.1. The molecule has 2 rings (SSSR count). The van der Waals surface area contributed by atoms with Gasteiger partial charge in [0.15, 0.2) is 17.4 Å². The van der Waals surface area contributed by atoms with Crippen LogP contribution >= 0.6 is 11.3 Å². The molecule has 0 bridgehead atoms. The van der Waals surface area contributed by atoms with Crippen molar-refractivity contribution in [1.29, 1.82) is 0 Å². The monoisotopic (exact) mass is 311 g/mol. The molecule has 0 aliphatic carbocycles. The summed E-state index contributed by atoms with van der Waals surface area (Å²) < 4.78 is 33.1. The number of nitrogens with one attached hydrogen (secondary N) is 1. The third-order valence-electron chi connectivity index (χ3n) is 2.88. The summed E-state index contributed by atoms with van der Waals surface area (Å²) in [5.74, 6) is -1.13. The van der Waals surface area contributed by atoms with E-state index in [4.69, 9.17) is 4.74 Å². The van der Waals surface area contributed by atoms with Crippen LogP contribution < -0.4 is 10.1 Å². The standard InChI is InChI=1S/C16H19F2NOS/c1-11(2)8-19-9-12-6-14(17)16(15(18)7-12)20-10-13-4-3-5-21-13/h3-7,11,19H,8-10H2,1-2H3. The minimum Gasteiger partial charge on any atom is -0.482 e. The number of thiophene rings is 1. The molecular weight excluding hydrogens is 292 g/mol. The fourth-order valence-corrected chi connectivity index (χ4v) is 2.51. The second-order valence-electron chi connectivity index (χ2n) is 5.28. The summed E-state index contributed by atoms with van der Waals surface area (Å²) in [5, 5.41) is 5.05. The van der Waals surface area contributed by atoms with Crippen molar-refractivity contribution in [2.24, 2.45) is 5.92 Å². The molecule has 2 nitrogen and oxygen atoms in total. The molecular formula is C16H19F2NOS. The van der Waals surface area contributed by atoms with E-state index in [1.807, 2.05) is 17.5 Å². The predicted octanol–water partition coefficient (Wildman–Crippen LogP) is 4.35. The van der Waals surface area contributed by atoms with Gasteiger partial charge in [0.05, 0.1) is 0 Å². The zero-order valence-electron chi connectivity index (χ0n) is 12.2. The van der Waals surface area contributed by atoms with Gasteiger partial charge in [-0.15, -0.1) is 11.3 Å². The van der Waals surface area contributed by atoms with Crippen LogP contribution in [0.5, 0.6) is 5.75 Å². The average Bonchev–Trinajstić information content (AvgIpc) is 2.90. The number of ether oxygens (including phenoxy) is 1. The summed E-state index contributed by atoms with van der Waals surface area (Å²) >= 11 is 1.49. The van der Waals surface area contributed by atoms with Gasteiger partial charge < -0.3 is 10.1 Å². The van der Waals surface area contributed by atoms with Crippen LogP contribution in [0.25, 0.3) is 0 Å². The van der Waals surface area contributed by atoms with Gasteiger partial charge in [-0.1, -0.05) is 19.9 Å². The molecule has 1 aromatic carbocycles. The van der Waals surface area contributed by atoms with Crippen LogP contribution in [0.1, 0.15) is 24.3 Å². The molecule has 0 radical (unpaired) electrons. The Kier molecular flexibility index (Phi) is 5.70. The van der Waals surface area contributed by atoms with Crippen LogP contribution in [-0.2, 0) is 13.2 Å². The first-order chi connectivity index (χ1) is 10.1. The third-order valence-corrected chi connectivity index (χ3v) is 3.73. The lowest BCUT2D eigenvalue weighted by Gasteiger charge is -2.11. The lowest BCUT2D eigenvalue weighted by Crippen LogP contribution is -2.19. The lowest BCUT2D eigenvalue weighted by molar-refractivity contribution is 0.276. The molecule has 1 heterocycles. The molecule has 1 N–H and O–H groups in total. The molecule has 0 aliphatic rings. The van der Waals surface area contributed by atoms with E-state index >= 15 is 0 Å². The zero-order valence-corrected chi connectivity index (χ0v) is 13.0. The Labute approximate surface area is 127 Å². The number of hydrogen-bond donors (Lipinski definition) is 1. The Balaban J connectivity index is 1.99. The van der Waals surface area contributed by atoms with Crippen molar-refractivity contribution in [3.63, 3.8) is 0 Å². The summed E-state index contributed by atoms with van der Waals surface area (Å²) in [5.41, 5.74) is 0.578. The van der Waals surface area contributed by atoms with Crippen molar-refractivity contribution in [3.8, 4) is 5.75 Å². The van der Waals surface area contributed by atoms with Gasteiger partial charge in [-0.25, -0.2) is 8.78 Å². The number of halogens is 2. The fourth-order valence-electron chi connectivity index (χ4n) is 1.90. The second kappa shape index (κ2) is 7.52. The van der Waals surface area contributed by atoms with Gasteiger partial charge in [-0.05, 0) is 41.6 Å². The SMILES string of the molecule is CC(C)CNCc1cc(F)c(OCc2cccs2)c(F)c1. The van der Waals surface area contributed by atoms with Gasteiger partial charge in [-0.2, -0.15) is 0 Å². The molecule has 5 heteroatoms. The van der Waals surface area contributed by atoms with E-state index < -0.39 is 11.6 Å². The molecule has 0 amide bonds. The second-order valence-corrected chi connectivity index (χ2v) is 6.31. The van der Waals surface area contributed by atoms with Crippen molar-refractivity contribution in [3.05, 3.63) is 51.7 Å². The topological polar surface area (TPSA) is 21.3 Å². The summed E-state index contributed by atoms with van der Waals surface area (Å²) in [6, 6.07) is 6.38. The van der Waals surface area contributed by atoms with E-state index in [0.29, 0.717) is 18.0 Å². The Morgan fingerprint density at radius 2 is 1.95 bits per heavy atom. The highest BCUT2D eigenvalue weighted by molar-refractivity contribution is 7.09. The Hall–Kier alpha value is -1.46. The predicted molar refractivity (Wildman–Crippen MR) is 81.6 cm³/mol. The highest BCUT2D eigenvalue weighted by Gasteiger charge is 2.13. The van der Waals surface area contributed by atoms with Gasteiger partial charge in [0.2, 0.25) is 0 Å². The van der Waals surface area contributed by atoms with Crippen molar-refractivity contribution < 1.29 is 13.5 Å². The van der Waals surface area contributed by atoms with E-state index in [1.54, 1.807) is 0 Å². The fraction of sp³-hybridized carbons (Fsp3) is 0.375. The first kappa shape index (κ1) is 15.9.